The van der Waals surface area contributed by atoms with E-state index in [1.807, 2.05) is 25.1 Å². The second-order valence-corrected chi connectivity index (χ2v) is 9.63. The molecule has 6 nitrogen and oxygen atoms in total. The van der Waals surface area contributed by atoms with Crippen LogP contribution >= 0.6 is 0 Å². The highest BCUT2D eigenvalue weighted by atomic mass is 32.2. The maximum atomic E-state index is 12.9. The summed E-state index contributed by atoms with van der Waals surface area (Å²) in [6.07, 6.45) is 2.09. The Bertz CT molecular complexity index is 836. The van der Waals surface area contributed by atoms with Gasteiger partial charge in [0.15, 0.2) is 5.76 Å². The molecule has 0 atom stereocenters. The Balaban J connectivity index is 1.57. The van der Waals surface area contributed by atoms with Crippen molar-refractivity contribution in [3.05, 3.63) is 47.3 Å². The van der Waals surface area contributed by atoms with Crippen molar-refractivity contribution in [3.8, 4) is 0 Å². The van der Waals surface area contributed by atoms with Crippen LogP contribution in [0.4, 0.5) is 0 Å². The van der Waals surface area contributed by atoms with Crippen LogP contribution in [0.15, 0.2) is 39.8 Å². The summed E-state index contributed by atoms with van der Waals surface area (Å²) in [5.74, 6) is 1.46. The van der Waals surface area contributed by atoms with Crippen LogP contribution < -0.4 is 0 Å². The van der Waals surface area contributed by atoms with Gasteiger partial charge in [-0.2, -0.15) is 4.31 Å². The number of aromatic nitrogens is 1. The van der Waals surface area contributed by atoms with Crippen LogP contribution in [0.25, 0.3) is 0 Å². The van der Waals surface area contributed by atoms with Gasteiger partial charge in [-0.1, -0.05) is 31.1 Å². The Morgan fingerprint density at radius 1 is 1.11 bits per heavy atom. The van der Waals surface area contributed by atoms with Gasteiger partial charge in [0.25, 0.3) is 0 Å². The van der Waals surface area contributed by atoms with Crippen LogP contribution in [0.1, 0.15) is 37.3 Å². The summed E-state index contributed by atoms with van der Waals surface area (Å²) in [4.78, 5) is 2.58. The number of piperazine rings is 1. The van der Waals surface area contributed by atoms with E-state index in [2.05, 4.69) is 23.9 Å². The highest BCUT2D eigenvalue weighted by Gasteiger charge is 2.28. The molecule has 1 fully saturated rings. The second kappa shape index (κ2) is 8.54. The fourth-order valence-corrected chi connectivity index (χ4v) is 4.69. The molecule has 7 heteroatoms. The molecule has 1 aromatic carbocycles. The summed E-state index contributed by atoms with van der Waals surface area (Å²) >= 11 is 0. The van der Waals surface area contributed by atoms with E-state index in [9.17, 15) is 8.42 Å². The molecule has 0 amide bonds. The van der Waals surface area contributed by atoms with E-state index in [0.717, 1.165) is 24.3 Å². The highest BCUT2D eigenvalue weighted by Crippen LogP contribution is 2.20. The minimum Gasteiger partial charge on any atom is -0.360 e. The first kappa shape index (κ1) is 20.0. The summed E-state index contributed by atoms with van der Waals surface area (Å²) in [5, 5.41) is 3.90. The molecule has 0 unspecified atom stereocenters. The molecule has 2 heterocycles. The van der Waals surface area contributed by atoms with Crippen LogP contribution in [0.5, 0.6) is 0 Å². The van der Waals surface area contributed by atoms with Gasteiger partial charge in [0.05, 0.1) is 17.1 Å². The molecule has 0 spiro atoms. The number of rotatable bonds is 7. The van der Waals surface area contributed by atoms with E-state index < -0.39 is 10.0 Å². The molecular formula is C20H29N3O3S. The molecule has 27 heavy (non-hydrogen) atoms. The van der Waals surface area contributed by atoms with Crippen molar-refractivity contribution >= 4 is 10.0 Å². The first-order chi connectivity index (χ1) is 12.8. The van der Waals surface area contributed by atoms with Gasteiger partial charge in [-0.05, 0) is 43.4 Å². The topological polar surface area (TPSA) is 66.7 Å². The molecule has 0 N–H and O–H groups in total. The zero-order valence-electron chi connectivity index (χ0n) is 16.4. The first-order valence-electron chi connectivity index (χ1n) is 9.58. The third-order valence-corrected chi connectivity index (χ3v) is 6.87. The fourth-order valence-electron chi connectivity index (χ4n) is 3.27. The van der Waals surface area contributed by atoms with E-state index in [1.54, 1.807) is 16.4 Å². The molecule has 3 rings (SSSR count). The molecule has 1 saturated heterocycles. The van der Waals surface area contributed by atoms with Gasteiger partial charge in [0, 0.05) is 32.2 Å². The Labute approximate surface area is 162 Å². The molecule has 0 bridgehead atoms. The van der Waals surface area contributed by atoms with Crippen LogP contribution in [0, 0.1) is 12.8 Å². The number of hydrogen-bond acceptors (Lipinski definition) is 5. The lowest BCUT2D eigenvalue weighted by Crippen LogP contribution is -2.48. The molecule has 0 aliphatic carbocycles. The van der Waals surface area contributed by atoms with Crippen molar-refractivity contribution in [1.82, 2.24) is 14.4 Å². The van der Waals surface area contributed by atoms with E-state index in [-0.39, 0.29) is 0 Å². The molecule has 0 radical (unpaired) electrons. The average Bonchev–Trinajstić information content (AvgIpc) is 3.05. The van der Waals surface area contributed by atoms with Crippen molar-refractivity contribution < 1.29 is 12.9 Å². The third-order valence-electron chi connectivity index (χ3n) is 4.96. The van der Waals surface area contributed by atoms with E-state index in [4.69, 9.17) is 4.52 Å². The summed E-state index contributed by atoms with van der Waals surface area (Å²) in [6, 6.07) is 9.29. The van der Waals surface area contributed by atoms with Crippen molar-refractivity contribution in [1.29, 1.82) is 0 Å². The second-order valence-electron chi connectivity index (χ2n) is 7.69. The number of nitrogens with zero attached hydrogens (tertiary/aromatic N) is 3. The van der Waals surface area contributed by atoms with Gasteiger partial charge in [0.1, 0.15) is 0 Å². The molecular weight excluding hydrogens is 362 g/mol. The van der Waals surface area contributed by atoms with Crippen molar-refractivity contribution in [3.63, 3.8) is 0 Å². The predicted octanol–water partition coefficient (Wildman–Crippen LogP) is 3.08. The Morgan fingerprint density at radius 3 is 2.33 bits per heavy atom. The first-order valence-corrected chi connectivity index (χ1v) is 11.0. The van der Waals surface area contributed by atoms with Gasteiger partial charge >= 0.3 is 0 Å². The van der Waals surface area contributed by atoms with Gasteiger partial charge in [0.2, 0.25) is 10.0 Å². The minimum atomic E-state index is -3.43. The van der Waals surface area contributed by atoms with E-state index >= 15 is 0 Å². The van der Waals surface area contributed by atoms with Gasteiger partial charge in [-0.15, -0.1) is 0 Å². The highest BCUT2D eigenvalue weighted by molar-refractivity contribution is 7.89. The quantitative estimate of drug-likeness (QED) is 0.726. The van der Waals surface area contributed by atoms with Gasteiger partial charge in [-0.25, -0.2) is 8.42 Å². The maximum Gasteiger partial charge on any atom is 0.243 e. The summed E-state index contributed by atoms with van der Waals surface area (Å²) in [5.41, 5.74) is 2.05. The summed E-state index contributed by atoms with van der Waals surface area (Å²) < 4.78 is 32.7. The van der Waals surface area contributed by atoms with E-state index in [1.165, 1.54) is 5.56 Å². The monoisotopic (exact) mass is 391 g/mol. The number of benzene rings is 1. The Hall–Kier alpha value is -1.70. The van der Waals surface area contributed by atoms with Crippen LogP contribution in [0.2, 0.25) is 0 Å². The fraction of sp³-hybridized carbons (Fsp3) is 0.550. The lowest BCUT2D eigenvalue weighted by molar-refractivity contribution is 0.166. The van der Waals surface area contributed by atoms with Crippen LogP contribution in [0.3, 0.4) is 0 Å². The van der Waals surface area contributed by atoms with Crippen molar-refractivity contribution in [2.75, 3.05) is 26.2 Å². The normalized spacial score (nSPS) is 16.9. The van der Waals surface area contributed by atoms with Gasteiger partial charge in [-0.3, -0.25) is 4.90 Å². The summed E-state index contributed by atoms with van der Waals surface area (Å²) in [7, 11) is -3.43. The zero-order valence-corrected chi connectivity index (χ0v) is 17.2. The largest absolute Gasteiger partial charge is 0.360 e. The molecule has 2 aromatic rings. The Kier molecular flexibility index (Phi) is 6.34. The number of sulfonamides is 1. The SMILES string of the molecule is Cc1cc(CN2CCN(S(=O)(=O)c3ccc(CCC(C)C)cc3)CC2)on1. The van der Waals surface area contributed by atoms with Crippen molar-refractivity contribution in [2.24, 2.45) is 5.92 Å². The number of aryl methyl sites for hydroxylation is 2. The molecule has 0 saturated carbocycles. The predicted molar refractivity (Wildman–Crippen MR) is 105 cm³/mol. The van der Waals surface area contributed by atoms with Gasteiger partial charge < -0.3 is 4.52 Å². The minimum absolute atomic E-state index is 0.384. The zero-order chi connectivity index (χ0) is 19.4. The smallest absolute Gasteiger partial charge is 0.243 e. The van der Waals surface area contributed by atoms with Crippen LogP contribution in [-0.2, 0) is 23.0 Å². The third kappa shape index (κ3) is 5.18. The lowest BCUT2D eigenvalue weighted by Gasteiger charge is -2.33. The molecule has 1 aliphatic heterocycles. The molecule has 148 valence electrons. The average molecular weight is 392 g/mol. The van der Waals surface area contributed by atoms with E-state index in [0.29, 0.717) is 43.5 Å². The lowest BCUT2D eigenvalue weighted by atomic mass is 10.0. The number of hydrogen-bond donors (Lipinski definition) is 0. The molecule has 1 aromatic heterocycles. The molecule has 1 aliphatic rings. The van der Waals surface area contributed by atoms with Crippen molar-refractivity contribution in [2.45, 2.75) is 45.1 Å². The Morgan fingerprint density at radius 2 is 1.78 bits per heavy atom. The van der Waals surface area contributed by atoms with Crippen LogP contribution in [-0.4, -0.2) is 49.0 Å². The summed E-state index contributed by atoms with van der Waals surface area (Å²) in [6.45, 7) is 9.31. The maximum absolute atomic E-state index is 12.9. The standard InChI is InChI=1S/C20H29N3O3S/c1-16(2)4-5-18-6-8-20(9-7-18)27(24,25)23-12-10-22(11-13-23)15-19-14-17(3)21-26-19/h6-9,14,16H,4-5,10-13,15H2,1-3H3.